The molecule has 0 N–H and O–H groups in total. The maximum absolute atomic E-state index is 4.56. The van der Waals surface area contributed by atoms with E-state index in [1.807, 2.05) is 53.5 Å². The van der Waals surface area contributed by atoms with Crippen LogP contribution in [0.4, 0.5) is 0 Å². The zero-order chi connectivity index (χ0) is 23.1. The molecule has 2 aromatic rings. The fourth-order valence-corrected chi connectivity index (χ4v) is 6.05. The molecule has 2 aliphatic rings. The van der Waals surface area contributed by atoms with Crippen molar-refractivity contribution in [2.24, 2.45) is 9.98 Å². The van der Waals surface area contributed by atoms with E-state index in [0.717, 1.165) is 25.7 Å². The van der Waals surface area contributed by atoms with Gasteiger partial charge in [0.05, 0.1) is 24.8 Å². The summed E-state index contributed by atoms with van der Waals surface area (Å²) in [6.07, 6.45) is 16.6. The molecule has 2 aliphatic heterocycles. The summed E-state index contributed by atoms with van der Waals surface area (Å²) >= 11 is 3.88. The minimum atomic E-state index is 0.225. The van der Waals surface area contributed by atoms with E-state index in [1.165, 1.54) is 30.6 Å². The van der Waals surface area contributed by atoms with Crippen LogP contribution in [0, 0.1) is 0 Å². The van der Waals surface area contributed by atoms with Gasteiger partial charge in [-0.25, -0.2) is 4.99 Å². The topological polar surface area (TPSA) is 31.2 Å². The smallest absolute Gasteiger partial charge is 0.0975 e. The van der Waals surface area contributed by atoms with Crippen LogP contribution >= 0.6 is 22.7 Å². The molecule has 0 bridgehead atoms. The molecule has 0 fully saturated rings. The fraction of sp³-hybridized carbons (Fsp3) is 0.462. The molecule has 4 rings (SSSR count). The van der Waals surface area contributed by atoms with Crippen molar-refractivity contribution < 1.29 is 0 Å². The van der Waals surface area contributed by atoms with Crippen LogP contribution in [0.15, 0.2) is 46.7 Å². The number of rotatable bonds is 6. The molecule has 0 aliphatic carbocycles. The van der Waals surface area contributed by atoms with Gasteiger partial charge in [-0.3, -0.25) is 4.99 Å². The van der Waals surface area contributed by atoms with Crippen LogP contribution in [0.2, 0.25) is 0 Å². The largest absolute Gasteiger partial charge is 0.355 e. The second kappa shape index (κ2) is 11.6. The first kappa shape index (κ1) is 24.5. The lowest BCUT2D eigenvalue weighted by molar-refractivity contribution is 0.444. The van der Waals surface area contributed by atoms with Crippen LogP contribution in [0.5, 0.6) is 0 Å². The van der Waals surface area contributed by atoms with Gasteiger partial charge in [-0.05, 0) is 61.1 Å². The summed E-state index contributed by atoms with van der Waals surface area (Å²) in [6.45, 7) is 8.88. The first-order valence-corrected chi connectivity index (χ1v) is 13.2. The lowest BCUT2D eigenvalue weighted by atomic mass is 10.0. The van der Waals surface area contributed by atoms with Gasteiger partial charge in [0.1, 0.15) is 0 Å². The Morgan fingerprint density at radius 1 is 0.812 bits per heavy atom. The summed E-state index contributed by atoms with van der Waals surface area (Å²) in [6, 6.07) is 5.27. The Kier molecular flexibility index (Phi) is 8.88. The Bertz CT molecular complexity index is 982. The average molecular weight is 469 g/mol. The zero-order valence-electron chi connectivity index (χ0n) is 20.2. The van der Waals surface area contributed by atoms with Crippen LogP contribution < -0.4 is 0 Å². The molecule has 4 heterocycles. The highest BCUT2D eigenvalue weighted by Gasteiger charge is 2.19. The van der Waals surface area contributed by atoms with Gasteiger partial charge in [-0.1, -0.05) is 27.7 Å². The molecule has 2 unspecified atom stereocenters. The van der Waals surface area contributed by atoms with Crippen molar-refractivity contribution in [3.63, 3.8) is 0 Å². The number of hydrogen-bond acceptors (Lipinski definition) is 6. The van der Waals surface area contributed by atoms with Crippen molar-refractivity contribution in [2.45, 2.75) is 65.5 Å². The maximum Gasteiger partial charge on any atom is 0.0975 e. The molecule has 0 spiro atoms. The maximum atomic E-state index is 4.56. The third-order valence-electron chi connectivity index (χ3n) is 5.72. The molecule has 0 aromatic carbocycles. The molecule has 0 saturated carbocycles. The van der Waals surface area contributed by atoms with Crippen LogP contribution in [-0.4, -0.2) is 36.6 Å². The van der Waals surface area contributed by atoms with Crippen LogP contribution in [0.3, 0.4) is 0 Å². The van der Waals surface area contributed by atoms with Gasteiger partial charge in [-0.2, -0.15) is 0 Å². The summed E-state index contributed by atoms with van der Waals surface area (Å²) in [5, 5.41) is 0. The highest BCUT2D eigenvalue weighted by atomic mass is 32.1. The second-order valence-corrected chi connectivity index (χ2v) is 10.5. The van der Waals surface area contributed by atoms with Crippen molar-refractivity contribution in [3.8, 4) is 0 Å². The summed E-state index contributed by atoms with van der Waals surface area (Å²) in [4.78, 5) is 18.8. The first-order valence-electron chi connectivity index (χ1n) is 11.6. The van der Waals surface area contributed by atoms with E-state index in [0.29, 0.717) is 6.04 Å². The number of thiophene rings is 2. The van der Waals surface area contributed by atoms with Gasteiger partial charge in [0.15, 0.2) is 0 Å². The standard InChI is InChI=1S/2C13H18N2S/c1-4-10-8-11(13(5-2)16-10)12-6-7-15(3)9-14-12;1-4-10-8-11(13(5-2)16-10)12-6-7-14-9-15(12)3/h2*6-9,12H,4-5H2,1-3H3. The molecule has 0 amide bonds. The Morgan fingerprint density at radius 3 is 1.97 bits per heavy atom. The van der Waals surface area contributed by atoms with E-state index in [4.69, 9.17) is 0 Å². The highest BCUT2D eigenvalue weighted by Crippen LogP contribution is 2.33. The van der Waals surface area contributed by atoms with Gasteiger partial charge >= 0.3 is 0 Å². The monoisotopic (exact) mass is 468 g/mol. The predicted octanol–water partition coefficient (Wildman–Crippen LogP) is 6.80. The third-order valence-corrected chi connectivity index (χ3v) is 8.60. The van der Waals surface area contributed by atoms with E-state index >= 15 is 0 Å². The Morgan fingerprint density at radius 2 is 1.44 bits per heavy atom. The number of nitrogens with zero attached hydrogens (tertiary/aromatic N) is 4. The number of hydrogen-bond donors (Lipinski definition) is 0. The Labute approximate surface area is 201 Å². The summed E-state index contributed by atoms with van der Waals surface area (Å²) < 4.78 is 0. The quantitative estimate of drug-likeness (QED) is 0.467. The number of aryl methyl sites for hydroxylation is 4. The highest BCUT2D eigenvalue weighted by molar-refractivity contribution is 7.12. The molecule has 172 valence electrons. The molecular weight excluding hydrogens is 432 g/mol. The normalized spacial score (nSPS) is 19.4. The van der Waals surface area contributed by atoms with E-state index < -0.39 is 0 Å². The Balaban J connectivity index is 0.000000181. The molecular formula is C26H36N4S2. The van der Waals surface area contributed by atoms with E-state index in [9.17, 15) is 0 Å². The SMILES string of the molecule is CCc1cc(C2C=CN(C)C=N2)c(CC)s1.CCc1cc(C2C=CN=CN2C)c(CC)s1. The van der Waals surface area contributed by atoms with E-state index in [1.54, 1.807) is 0 Å². The zero-order valence-corrected chi connectivity index (χ0v) is 21.8. The van der Waals surface area contributed by atoms with Crippen molar-refractivity contribution >= 4 is 35.4 Å². The molecule has 2 atom stereocenters. The van der Waals surface area contributed by atoms with Crippen molar-refractivity contribution in [2.75, 3.05) is 14.1 Å². The lowest BCUT2D eigenvalue weighted by Gasteiger charge is -2.25. The molecule has 2 aromatic heterocycles. The molecule has 0 radical (unpaired) electrons. The summed E-state index contributed by atoms with van der Waals surface area (Å²) in [7, 11) is 4.09. The third kappa shape index (κ3) is 5.78. The van der Waals surface area contributed by atoms with Crippen molar-refractivity contribution in [1.29, 1.82) is 0 Å². The fourth-order valence-electron chi connectivity index (χ4n) is 3.87. The number of aliphatic imine (C=N–C) groups is 2. The van der Waals surface area contributed by atoms with Crippen molar-refractivity contribution in [3.05, 3.63) is 67.3 Å². The number of likely N-dealkylation sites (N-methyl/N-ethyl adjacent to an activating group) is 1. The minimum absolute atomic E-state index is 0.225. The van der Waals surface area contributed by atoms with Gasteiger partial charge in [0, 0.05) is 46.0 Å². The van der Waals surface area contributed by atoms with E-state index in [-0.39, 0.29) is 6.04 Å². The molecule has 4 nitrogen and oxygen atoms in total. The molecule has 6 heteroatoms. The van der Waals surface area contributed by atoms with Gasteiger partial charge < -0.3 is 9.80 Å². The van der Waals surface area contributed by atoms with Gasteiger partial charge in [-0.15, -0.1) is 22.7 Å². The molecule has 32 heavy (non-hydrogen) atoms. The minimum Gasteiger partial charge on any atom is -0.355 e. The lowest BCUT2D eigenvalue weighted by Crippen LogP contribution is -2.23. The van der Waals surface area contributed by atoms with Crippen LogP contribution in [0.1, 0.15) is 70.4 Å². The van der Waals surface area contributed by atoms with Gasteiger partial charge in [0.2, 0.25) is 0 Å². The average Bonchev–Trinajstić information content (AvgIpc) is 3.44. The predicted molar refractivity (Wildman–Crippen MR) is 142 cm³/mol. The summed E-state index contributed by atoms with van der Waals surface area (Å²) in [5.41, 5.74) is 2.85. The Hall–Kier alpha value is -2.18. The van der Waals surface area contributed by atoms with Crippen LogP contribution in [0.25, 0.3) is 0 Å². The van der Waals surface area contributed by atoms with E-state index in [2.05, 4.69) is 80.1 Å². The second-order valence-electron chi connectivity index (χ2n) is 8.03. The van der Waals surface area contributed by atoms with Crippen LogP contribution in [-0.2, 0) is 25.7 Å². The summed E-state index contributed by atoms with van der Waals surface area (Å²) in [5.74, 6) is 0. The van der Waals surface area contributed by atoms with Gasteiger partial charge in [0.25, 0.3) is 0 Å². The van der Waals surface area contributed by atoms with Crippen molar-refractivity contribution in [1.82, 2.24) is 9.80 Å². The molecule has 0 saturated heterocycles. The first-order chi connectivity index (χ1) is 15.5.